The summed E-state index contributed by atoms with van der Waals surface area (Å²) in [4.78, 5) is 0. The first kappa shape index (κ1) is 8.53. The van der Waals surface area contributed by atoms with Crippen molar-refractivity contribution in [3.05, 3.63) is 29.3 Å². The minimum Gasteiger partial charge on any atom is -0.492 e. The lowest BCUT2D eigenvalue weighted by molar-refractivity contribution is 0.230. The van der Waals surface area contributed by atoms with Crippen molar-refractivity contribution in [2.24, 2.45) is 5.84 Å². The van der Waals surface area contributed by atoms with Gasteiger partial charge < -0.3 is 4.74 Å². The van der Waals surface area contributed by atoms with Crippen LogP contribution in [0, 0.1) is 6.92 Å². The number of aryl methyl sites for hydroxylation is 1. The van der Waals surface area contributed by atoms with Gasteiger partial charge in [0.2, 0.25) is 0 Å². The Hall–Kier alpha value is -1.06. The van der Waals surface area contributed by atoms with Gasteiger partial charge in [0.05, 0.1) is 0 Å². The van der Waals surface area contributed by atoms with Gasteiger partial charge in [-0.1, -0.05) is 17.7 Å². The van der Waals surface area contributed by atoms with Crippen LogP contribution in [-0.2, 0) is 6.54 Å². The van der Waals surface area contributed by atoms with Crippen LogP contribution in [0.15, 0.2) is 18.2 Å². The van der Waals surface area contributed by atoms with Crippen LogP contribution in [-0.4, -0.2) is 18.2 Å². The third kappa shape index (κ3) is 1.82. The normalized spacial score (nSPS) is 17.4. The first-order valence-corrected chi connectivity index (χ1v) is 4.48. The fourth-order valence-electron chi connectivity index (χ4n) is 1.54. The van der Waals surface area contributed by atoms with Crippen molar-refractivity contribution in [3.63, 3.8) is 0 Å². The maximum Gasteiger partial charge on any atom is 0.123 e. The van der Waals surface area contributed by atoms with Crippen LogP contribution in [0.4, 0.5) is 0 Å². The SMILES string of the molecule is Cc1ccc2c(c1)CN(N)CCO2. The first-order chi connectivity index (χ1) is 6.25. The molecule has 1 heterocycles. The molecular formula is C10H14N2O. The maximum atomic E-state index is 5.75. The molecule has 70 valence electrons. The number of hydrogen-bond donors (Lipinski definition) is 1. The number of fused-ring (bicyclic) bond motifs is 1. The van der Waals surface area contributed by atoms with E-state index in [2.05, 4.69) is 19.1 Å². The molecule has 0 atom stereocenters. The summed E-state index contributed by atoms with van der Waals surface area (Å²) >= 11 is 0. The van der Waals surface area contributed by atoms with Crippen LogP contribution in [0.5, 0.6) is 5.75 Å². The first-order valence-electron chi connectivity index (χ1n) is 4.48. The highest BCUT2D eigenvalue weighted by molar-refractivity contribution is 5.37. The quantitative estimate of drug-likeness (QED) is 0.604. The molecule has 1 aromatic rings. The van der Waals surface area contributed by atoms with Crippen molar-refractivity contribution in [3.8, 4) is 5.75 Å². The van der Waals surface area contributed by atoms with E-state index in [4.69, 9.17) is 10.6 Å². The zero-order chi connectivity index (χ0) is 9.26. The molecule has 2 N–H and O–H groups in total. The van der Waals surface area contributed by atoms with Crippen LogP contribution in [0.25, 0.3) is 0 Å². The summed E-state index contributed by atoms with van der Waals surface area (Å²) in [5.74, 6) is 6.72. The average molecular weight is 178 g/mol. The smallest absolute Gasteiger partial charge is 0.123 e. The van der Waals surface area contributed by atoms with Crippen LogP contribution < -0.4 is 10.6 Å². The van der Waals surface area contributed by atoms with E-state index in [9.17, 15) is 0 Å². The molecule has 0 amide bonds. The highest BCUT2D eigenvalue weighted by Crippen LogP contribution is 2.22. The molecule has 13 heavy (non-hydrogen) atoms. The Kier molecular flexibility index (Phi) is 2.20. The van der Waals surface area contributed by atoms with E-state index in [1.165, 1.54) is 11.1 Å². The molecule has 1 aromatic carbocycles. The molecule has 0 aliphatic carbocycles. The Morgan fingerprint density at radius 3 is 3.15 bits per heavy atom. The standard InChI is InChI=1S/C10H14N2O/c1-8-2-3-10-9(6-8)7-12(11)4-5-13-10/h2-3,6H,4-5,7,11H2,1H3. The summed E-state index contributed by atoms with van der Waals surface area (Å²) in [5, 5.41) is 1.78. The molecule has 0 fully saturated rings. The summed E-state index contributed by atoms with van der Waals surface area (Å²) in [6.45, 7) is 4.31. The fourth-order valence-corrected chi connectivity index (χ4v) is 1.54. The van der Waals surface area contributed by atoms with Crippen molar-refractivity contribution < 1.29 is 4.74 Å². The monoisotopic (exact) mass is 178 g/mol. The third-order valence-corrected chi connectivity index (χ3v) is 2.23. The van der Waals surface area contributed by atoms with Gasteiger partial charge >= 0.3 is 0 Å². The lowest BCUT2D eigenvalue weighted by Gasteiger charge is -2.11. The average Bonchev–Trinajstić information content (AvgIpc) is 2.25. The number of benzene rings is 1. The molecule has 3 nitrogen and oxygen atoms in total. The molecule has 0 unspecified atom stereocenters. The molecule has 1 aliphatic heterocycles. The molecule has 0 saturated heterocycles. The van der Waals surface area contributed by atoms with Gasteiger partial charge in [-0.05, 0) is 13.0 Å². The van der Waals surface area contributed by atoms with E-state index < -0.39 is 0 Å². The Balaban J connectivity index is 2.35. The molecule has 1 aliphatic rings. The maximum absolute atomic E-state index is 5.75. The van der Waals surface area contributed by atoms with E-state index in [1.54, 1.807) is 5.01 Å². The molecular weight excluding hydrogens is 164 g/mol. The summed E-state index contributed by atoms with van der Waals surface area (Å²) in [6.07, 6.45) is 0. The Morgan fingerprint density at radius 1 is 1.46 bits per heavy atom. The van der Waals surface area contributed by atoms with E-state index in [-0.39, 0.29) is 0 Å². The highest BCUT2D eigenvalue weighted by atomic mass is 16.5. The van der Waals surface area contributed by atoms with Gasteiger partial charge in [0.15, 0.2) is 0 Å². The van der Waals surface area contributed by atoms with E-state index in [0.29, 0.717) is 6.61 Å². The van der Waals surface area contributed by atoms with E-state index in [0.717, 1.165) is 18.8 Å². The molecule has 3 heteroatoms. The number of nitrogens with zero attached hydrogens (tertiary/aromatic N) is 1. The number of hydrazine groups is 1. The number of rotatable bonds is 0. The van der Waals surface area contributed by atoms with Crippen molar-refractivity contribution in [1.29, 1.82) is 0 Å². The van der Waals surface area contributed by atoms with Crippen LogP contribution >= 0.6 is 0 Å². The van der Waals surface area contributed by atoms with Gasteiger partial charge in [-0.2, -0.15) is 0 Å². The largest absolute Gasteiger partial charge is 0.492 e. The van der Waals surface area contributed by atoms with Crippen molar-refractivity contribution in [1.82, 2.24) is 5.01 Å². The molecule has 0 aromatic heterocycles. The minimum atomic E-state index is 0.673. The second-order valence-corrected chi connectivity index (χ2v) is 3.43. The summed E-state index contributed by atoms with van der Waals surface area (Å²) in [5.41, 5.74) is 2.43. The molecule has 2 rings (SSSR count). The summed E-state index contributed by atoms with van der Waals surface area (Å²) < 4.78 is 5.55. The van der Waals surface area contributed by atoms with Gasteiger partial charge in [0.25, 0.3) is 0 Å². The molecule has 0 bridgehead atoms. The second kappa shape index (κ2) is 3.36. The predicted octanol–water partition coefficient (Wildman–Crippen LogP) is 1.06. The zero-order valence-electron chi connectivity index (χ0n) is 7.79. The lowest BCUT2D eigenvalue weighted by atomic mass is 10.1. The summed E-state index contributed by atoms with van der Waals surface area (Å²) in [6, 6.07) is 6.20. The zero-order valence-corrected chi connectivity index (χ0v) is 7.79. The van der Waals surface area contributed by atoms with Crippen molar-refractivity contribution >= 4 is 0 Å². The predicted molar refractivity (Wildman–Crippen MR) is 51.3 cm³/mol. The van der Waals surface area contributed by atoms with Crippen molar-refractivity contribution in [2.45, 2.75) is 13.5 Å². The minimum absolute atomic E-state index is 0.673. The molecule has 0 radical (unpaired) electrons. The lowest BCUT2D eigenvalue weighted by Crippen LogP contribution is -2.32. The van der Waals surface area contributed by atoms with Gasteiger partial charge in [-0.15, -0.1) is 0 Å². The molecule has 0 spiro atoms. The van der Waals surface area contributed by atoms with E-state index in [1.807, 2.05) is 6.07 Å². The summed E-state index contributed by atoms with van der Waals surface area (Å²) in [7, 11) is 0. The Morgan fingerprint density at radius 2 is 2.31 bits per heavy atom. The number of nitrogens with two attached hydrogens (primary N) is 1. The van der Waals surface area contributed by atoms with Gasteiger partial charge in [0, 0.05) is 18.7 Å². The fraction of sp³-hybridized carbons (Fsp3) is 0.400. The van der Waals surface area contributed by atoms with Gasteiger partial charge in [0.1, 0.15) is 12.4 Å². The molecule has 0 saturated carbocycles. The topological polar surface area (TPSA) is 38.5 Å². The Bertz CT molecular complexity index is 312. The van der Waals surface area contributed by atoms with Crippen LogP contribution in [0.1, 0.15) is 11.1 Å². The highest BCUT2D eigenvalue weighted by Gasteiger charge is 2.11. The van der Waals surface area contributed by atoms with Gasteiger partial charge in [-0.25, -0.2) is 5.01 Å². The van der Waals surface area contributed by atoms with Crippen LogP contribution in [0.3, 0.4) is 0 Å². The van der Waals surface area contributed by atoms with E-state index >= 15 is 0 Å². The Labute approximate surface area is 78.1 Å². The van der Waals surface area contributed by atoms with Crippen molar-refractivity contribution in [2.75, 3.05) is 13.2 Å². The third-order valence-electron chi connectivity index (χ3n) is 2.23. The van der Waals surface area contributed by atoms with Gasteiger partial charge in [-0.3, -0.25) is 5.84 Å². The number of ether oxygens (including phenoxy) is 1. The number of hydrogen-bond acceptors (Lipinski definition) is 3. The van der Waals surface area contributed by atoms with Crippen LogP contribution in [0.2, 0.25) is 0 Å². The second-order valence-electron chi connectivity index (χ2n) is 3.43.